The first-order valence-corrected chi connectivity index (χ1v) is 7.31. The molecule has 0 aromatic carbocycles. The smallest absolute Gasteiger partial charge is 0.239 e. The number of ether oxygens (including phenoxy) is 1. The van der Waals surface area contributed by atoms with Gasteiger partial charge in [0.25, 0.3) is 0 Å². The molecule has 0 aromatic rings. The average molecular weight is 269 g/mol. The number of carbonyl (C=O) groups is 1. The monoisotopic (exact) mass is 269 g/mol. The average Bonchev–Trinajstić information content (AvgIpc) is 3.02. The molecule has 1 aliphatic heterocycles. The SMILES string of the molecule is CC(C)NC(CN(C)C1CCOC1)(C(N)=O)C1CC1. The van der Waals surface area contributed by atoms with E-state index in [2.05, 4.69) is 31.1 Å². The normalized spacial score (nSPS) is 26.9. The van der Waals surface area contributed by atoms with E-state index in [1.807, 2.05) is 0 Å². The molecular formula is C14H27N3O2. The van der Waals surface area contributed by atoms with Gasteiger partial charge in [-0.15, -0.1) is 0 Å². The van der Waals surface area contributed by atoms with Gasteiger partial charge in [0.15, 0.2) is 0 Å². The van der Waals surface area contributed by atoms with Crippen molar-refractivity contribution in [2.75, 3.05) is 26.8 Å². The fourth-order valence-corrected chi connectivity index (χ4v) is 3.13. The van der Waals surface area contributed by atoms with Gasteiger partial charge in [-0.1, -0.05) is 0 Å². The van der Waals surface area contributed by atoms with Gasteiger partial charge >= 0.3 is 0 Å². The van der Waals surface area contributed by atoms with Crippen LogP contribution in [0, 0.1) is 5.92 Å². The van der Waals surface area contributed by atoms with Crippen LogP contribution >= 0.6 is 0 Å². The van der Waals surface area contributed by atoms with Gasteiger partial charge in [0.05, 0.1) is 6.61 Å². The number of nitrogens with zero attached hydrogens (tertiary/aromatic N) is 1. The van der Waals surface area contributed by atoms with Gasteiger partial charge in [0.1, 0.15) is 5.54 Å². The van der Waals surface area contributed by atoms with Gasteiger partial charge in [-0.2, -0.15) is 0 Å². The van der Waals surface area contributed by atoms with Gasteiger partial charge in [-0.25, -0.2) is 0 Å². The van der Waals surface area contributed by atoms with Crippen LogP contribution in [0.5, 0.6) is 0 Å². The molecule has 2 fully saturated rings. The lowest BCUT2D eigenvalue weighted by Crippen LogP contribution is -2.65. The molecule has 19 heavy (non-hydrogen) atoms. The highest BCUT2D eigenvalue weighted by molar-refractivity contribution is 5.86. The number of primary amides is 1. The molecule has 2 rings (SSSR count). The summed E-state index contributed by atoms with van der Waals surface area (Å²) in [6.07, 6.45) is 3.23. The summed E-state index contributed by atoms with van der Waals surface area (Å²) >= 11 is 0. The maximum Gasteiger partial charge on any atom is 0.239 e. The van der Waals surface area contributed by atoms with Crippen molar-refractivity contribution in [3.8, 4) is 0 Å². The zero-order valence-electron chi connectivity index (χ0n) is 12.3. The van der Waals surface area contributed by atoms with Gasteiger partial charge in [0, 0.05) is 25.2 Å². The van der Waals surface area contributed by atoms with Gasteiger partial charge in [-0.3, -0.25) is 15.0 Å². The predicted octanol–water partition coefficient (Wildman–Crippen LogP) is 0.339. The molecule has 1 heterocycles. The molecule has 2 aliphatic rings. The lowest BCUT2D eigenvalue weighted by atomic mass is 9.90. The number of hydrogen-bond donors (Lipinski definition) is 2. The van der Waals surface area contributed by atoms with E-state index in [4.69, 9.17) is 10.5 Å². The van der Waals surface area contributed by atoms with Crippen LogP contribution in [0.2, 0.25) is 0 Å². The number of nitrogens with two attached hydrogens (primary N) is 1. The minimum atomic E-state index is -0.578. The number of amides is 1. The van der Waals surface area contributed by atoms with Crippen LogP contribution in [-0.4, -0.2) is 55.2 Å². The van der Waals surface area contributed by atoms with Crippen molar-refractivity contribution in [1.29, 1.82) is 0 Å². The molecular weight excluding hydrogens is 242 g/mol. The van der Waals surface area contributed by atoms with Crippen molar-refractivity contribution in [3.63, 3.8) is 0 Å². The molecule has 0 spiro atoms. The highest BCUT2D eigenvalue weighted by Crippen LogP contribution is 2.40. The first kappa shape index (κ1) is 14.8. The molecule has 2 unspecified atom stereocenters. The van der Waals surface area contributed by atoms with Crippen molar-refractivity contribution < 1.29 is 9.53 Å². The Hall–Kier alpha value is -0.650. The van der Waals surface area contributed by atoms with E-state index in [1.54, 1.807) is 0 Å². The Labute approximate surface area is 115 Å². The van der Waals surface area contributed by atoms with Crippen LogP contribution in [0.4, 0.5) is 0 Å². The van der Waals surface area contributed by atoms with Crippen LogP contribution in [0.25, 0.3) is 0 Å². The lowest BCUT2D eigenvalue weighted by Gasteiger charge is -2.39. The molecule has 5 heteroatoms. The number of nitrogens with one attached hydrogen (secondary N) is 1. The first-order valence-electron chi connectivity index (χ1n) is 7.31. The molecule has 0 radical (unpaired) electrons. The molecule has 1 amide bonds. The summed E-state index contributed by atoms with van der Waals surface area (Å²) in [5.74, 6) is 0.173. The molecule has 1 aliphatic carbocycles. The summed E-state index contributed by atoms with van der Waals surface area (Å²) in [5, 5.41) is 3.45. The summed E-state index contributed by atoms with van der Waals surface area (Å²) in [7, 11) is 2.07. The first-order chi connectivity index (χ1) is 8.95. The lowest BCUT2D eigenvalue weighted by molar-refractivity contribution is -0.126. The van der Waals surface area contributed by atoms with E-state index in [0.29, 0.717) is 18.5 Å². The fourth-order valence-electron chi connectivity index (χ4n) is 3.13. The van der Waals surface area contributed by atoms with Crippen molar-refractivity contribution >= 4 is 5.91 Å². The maximum atomic E-state index is 12.1. The summed E-state index contributed by atoms with van der Waals surface area (Å²) in [4.78, 5) is 14.3. The van der Waals surface area contributed by atoms with Crippen molar-refractivity contribution in [1.82, 2.24) is 10.2 Å². The Morgan fingerprint density at radius 1 is 1.47 bits per heavy atom. The number of carbonyl (C=O) groups excluding carboxylic acids is 1. The Balaban J connectivity index is 2.09. The van der Waals surface area contributed by atoms with E-state index in [9.17, 15) is 4.79 Å². The molecule has 0 bridgehead atoms. The molecule has 3 N–H and O–H groups in total. The second-order valence-corrected chi connectivity index (χ2v) is 6.34. The summed E-state index contributed by atoms with van der Waals surface area (Å²) in [6, 6.07) is 0.660. The second kappa shape index (κ2) is 5.77. The zero-order valence-corrected chi connectivity index (χ0v) is 12.3. The van der Waals surface area contributed by atoms with E-state index >= 15 is 0 Å². The number of rotatable bonds is 7. The van der Waals surface area contributed by atoms with Crippen LogP contribution < -0.4 is 11.1 Å². The van der Waals surface area contributed by atoms with E-state index in [0.717, 1.165) is 32.5 Å². The zero-order chi connectivity index (χ0) is 14.0. The van der Waals surface area contributed by atoms with Gasteiger partial charge < -0.3 is 10.5 Å². The molecule has 0 aromatic heterocycles. The number of likely N-dealkylation sites (N-methyl/N-ethyl adjacent to an activating group) is 1. The Kier molecular flexibility index (Phi) is 4.48. The Morgan fingerprint density at radius 3 is 2.58 bits per heavy atom. The standard InChI is InChI=1S/C14H27N3O2/c1-10(2)16-14(13(15)18,11-4-5-11)9-17(3)12-6-7-19-8-12/h10-12,16H,4-9H2,1-3H3,(H2,15,18). The maximum absolute atomic E-state index is 12.1. The van der Waals surface area contributed by atoms with Crippen molar-refractivity contribution in [2.24, 2.45) is 11.7 Å². The molecule has 110 valence electrons. The second-order valence-electron chi connectivity index (χ2n) is 6.34. The van der Waals surface area contributed by atoms with E-state index < -0.39 is 5.54 Å². The minimum absolute atomic E-state index is 0.213. The van der Waals surface area contributed by atoms with Crippen LogP contribution in [0.3, 0.4) is 0 Å². The van der Waals surface area contributed by atoms with Crippen LogP contribution in [-0.2, 0) is 9.53 Å². The highest BCUT2D eigenvalue weighted by atomic mass is 16.5. The molecule has 2 atom stereocenters. The minimum Gasteiger partial charge on any atom is -0.380 e. The third kappa shape index (κ3) is 3.27. The van der Waals surface area contributed by atoms with Crippen molar-refractivity contribution in [2.45, 2.75) is 50.7 Å². The summed E-state index contributed by atoms with van der Waals surface area (Å²) < 4.78 is 5.43. The molecule has 1 saturated heterocycles. The molecule has 1 saturated carbocycles. The quantitative estimate of drug-likeness (QED) is 0.699. The van der Waals surface area contributed by atoms with Crippen LogP contribution in [0.1, 0.15) is 33.1 Å². The summed E-state index contributed by atoms with van der Waals surface area (Å²) in [6.45, 7) is 6.40. The largest absolute Gasteiger partial charge is 0.380 e. The topological polar surface area (TPSA) is 67.6 Å². The number of hydrogen-bond acceptors (Lipinski definition) is 4. The fraction of sp³-hybridized carbons (Fsp3) is 0.929. The van der Waals surface area contributed by atoms with E-state index in [-0.39, 0.29) is 11.9 Å². The highest BCUT2D eigenvalue weighted by Gasteiger charge is 2.51. The Bertz CT molecular complexity index is 325. The predicted molar refractivity (Wildman–Crippen MR) is 74.8 cm³/mol. The third-order valence-electron chi connectivity index (χ3n) is 4.29. The van der Waals surface area contributed by atoms with Crippen LogP contribution in [0.15, 0.2) is 0 Å². The van der Waals surface area contributed by atoms with Crippen molar-refractivity contribution in [3.05, 3.63) is 0 Å². The van der Waals surface area contributed by atoms with E-state index in [1.165, 1.54) is 0 Å². The Morgan fingerprint density at radius 2 is 2.16 bits per heavy atom. The van der Waals surface area contributed by atoms with Gasteiger partial charge in [0.2, 0.25) is 5.91 Å². The summed E-state index contributed by atoms with van der Waals surface area (Å²) in [5.41, 5.74) is 5.17. The van der Waals surface area contributed by atoms with Gasteiger partial charge in [-0.05, 0) is 46.1 Å². The molecule has 5 nitrogen and oxygen atoms in total. The third-order valence-corrected chi connectivity index (χ3v) is 4.29.